The molecule has 0 atom stereocenters. The second-order valence-electron chi connectivity index (χ2n) is 8.71. The molecule has 0 spiro atoms. The normalized spacial score (nSPS) is 10.5. The van der Waals surface area contributed by atoms with E-state index in [1.54, 1.807) is 18.2 Å². The molecule has 9 heteroatoms. The Labute approximate surface area is 232 Å². The van der Waals surface area contributed by atoms with Crippen molar-refractivity contribution >= 4 is 29.1 Å². The third-order valence-electron chi connectivity index (χ3n) is 5.93. The highest BCUT2D eigenvalue weighted by Crippen LogP contribution is 2.40. The number of benzene rings is 3. The lowest BCUT2D eigenvalue weighted by molar-refractivity contribution is -0.192. The number of rotatable bonds is 10. The summed E-state index contributed by atoms with van der Waals surface area (Å²) in [5.74, 6) is 0.197. The van der Waals surface area contributed by atoms with E-state index in [1.165, 1.54) is 25.2 Å². The molecule has 1 aliphatic heterocycles. The van der Waals surface area contributed by atoms with E-state index in [9.17, 15) is 24.3 Å². The minimum atomic E-state index is -0.525. The quantitative estimate of drug-likeness (QED) is 0.115. The van der Waals surface area contributed by atoms with E-state index in [2.05, 4.69) is 0 Å². The summed E-state index contributed by atoms with van der Waals surface area (Å²) in [5.41, 5.74) is 2.84. The summed E-state index contributed by atoms with van der Waals surface area (Å²) < 4.78 is 11.7. The number of aromatic hydroxyl groups is 1. The number of fused-ring (bicyclic) bond motifs is 2. The molecule has 1 heterocycles. The number of hydroxylamine groups is 2. The van der Waals surface area contributed by atoms with Gasteiger partial charge in [0.1, 0.15) is 29.1 Å². The lowest BCUT2D eigenvalue weighted by atomic mass is 9.93. The van der Waals surface area contributed by atoms with Gasteiger partial charge < -0.3 is 23.9 Å². The first-order chi connectivity index (χ1) is 19.4. The maximum absolute atomic E-state index is 11.9. The maximum atomic E-state index is 11.9. The average Bonchev–Trinajstić information content (AvgIpc) is 2.95. The molecule has 40 heavy (non-hydrogen) atoms. The van der Waals surface area contributed by atoms with Crippen molar-refractivity contribution in [2.45, 2.75) is 46.0 Å². The molecule has 0 saturated heterocycles. The Hall–Kier alpha value is -4.66. The van der Waals surface area contributed by atoms with Crippen LogP contribution in [-0.4, -0.2) is 42.0 Å². The van der Waals surface area contributed by atoms with Crippen molar-refractivity contribution in [1.82, 2.24) is 5.06 Å². The van der Waals surface area contributed by atoms with Crippen LogP contribution in [-0.2, 0) is 19.2 Å². The van der Waals surface area contributed by atoms with E-state index in [0.29, 0.717) is 42.8 Å². The number of carbonyl (C=O) groups excluding carboxylic acids is 3. The van der Waals surface area contributed by atoms with Crippen LogP contribution >= 0.6 is 0 Å². The second-order valence-corrected chi connectivity index (χ2v) is 8.71. The minimum absolute atomic E-state index is 0.00335. The number of hydrogen-bond donors (Lipinski definition) is 1. The van der Waals surface area contributed by atoms with E-state index in [0.717, 1.165) is 27.1 Å². The summed E-state index contributed by atoms with van der Waals surface area (Å²) in [6.07, 6.45) is 1.98. The molecule has 1 amide bonds. The van der Waals surface area contributed by atoms with Crippen molar-refractivity contribution in [2.75, 3.05) is 13.7 Å². The van der Waals surface area contributed by atoms with E-state index in [4.69, 9.17) is 14.0 Å². The molecule has 0 unspecified atom stereocenters. The molecular formula is C31H33NO8. The summed E-state index contributed by atoms with van der Waals surface area (Å²) in [4.78, 5) is 50.8. The van der Waals surface area contributed by atoms with Crippen LogP contribution < -0.4 is 10.2 Å². The van der Waals surface area contributed by atoms with Gasteiger partial charge in [-0.25, -0.2) is 4.79 Å². The molecule has 1 aliphatic carbocycles. The fourth-order valence-electron chi connectivity index (χ4n) is 4.04. The Morgan fingerprint density at radius 1 is 0.975 bits per heavy atom. The number of amides is 1. The third kappa shape index (κ3) is 7.69. The number of ether oxygens (including phenoxy) is 1. The van der Waals surface area contributed by atoms with Crippen LogP contribution in [0.5, 0.6) is 11.5 Å². The Morgan fingerprint density at radius 2 is 1.73 bits per heavy atom. The van der Waals surface area contributed by atoms with E-state index in [1.807, 2.05) is 38.1 Å². The molecule has 2 aliphatic rings. The standard InChI is InChI=1S/C29H27NO8.C2H6/c1-30(27(34)5-4-15-31)38-28(35)6-2-3-16-36-22-11-7-19(8-12-22)29-23-13-9-20(32)17-25(23)37-26-18-21(33)10-14-24(26)29;1-2/h7-15,17-18,32H,2-6,16H2,1H3;1-2H3. The fraction of sp³-hybridized carbons (Fsp3) is 0.290. The largest absolute Gasteiger partial charge is 0.508 e. The van der Waals surface area contributed by atoms with Gasteiger partial charge in [-0.15, -0.1) is 0 Å². The van der Waals surface area contributed by atoms with Gasteiger partial charge >= 0.3 is 5.97 Å². The average molecular weight is 548 g/mol. The first kappa shape index (κ1) is 29.9. The summed E-state index contributed by atoms with van der Waals surface area (Å²) in [7, 11) is 1.35. The van der Waals surface area contributed by atoms with Gasteiger partial charge in [-0.05, 0) is 54.8 Å². The first-order valence-electron chi connectivity index (χ1n) is 13.2. The highest BCUT2D eigenvalue weighted by atomic mass is 16.7. The maximum Gasteiger partial charge on any atom is 0.332 e. The zero-order chi connectivity index (χ0) is 29.1. The number of phenolic OH excluding ortho intramolecular Hbond substituents is 1. The van der Waals surface area contributed by atoms with Gasteiger partial charge in [0.2, 0.25) is 0 Å². The van der Waals surface area contributed by atoms with Gasteiger partial charge in [-0.2, -0.15) is 5.06 Å². The number of nitrogens with zero attached hydrogens (tertiary/aromatic N) is 1. The Bertz CT molecular complexity index is 1480. The van der Waals surface area contributed by atoms with Crippen molar-refractivity contribution in [3.63, 3.8) is 0 Å². The van der Waals surface area contributed by atoms with Crippen molar-refractivity contribution in [3.8, 4) is 33.9 Å². The number of unbranched alkanes of at least 4 members (excludes halogenated alkanes) is 1. The summed E-state index contributed by atoms with van der Waals surface area (Å²) >= 11 is 0. The van der Waals surface area contributed by atoms with Crippen LogP contribution in [0.3, 0.4) is 0 Å². The molecule has 210 valence electrons. The number of hydrogen-bond acceptors (Lipinski definition) is 8. The van der Waals surface area contributed by atoms with Crippen molar-refractivity contribution < 1.29 is 33.5 Å². The molecule has 4 rings (SSSR count). The Kier molecular flexibility index (Phi) is 10.8. The van der Waals surface area contributed by atoms with Gasteiger partial charge in [0.05, 0.1) is 6.61 Å². The number of aldehydes is 1. The zero-order valence-electron chi connectivity index (χ0n) is 22.8. The molecule has 0 fully saturated rings. The van der Waals surface area contributed by atoms with Gasteiger partial charge in [0.25, 0.3) is 5.91 Å². The molecule has 0 saturated carbocycles. The lowest BCUT2D eigenvalue weighted by Gasteiger charge is -2.16. The fourth-order valence-corrected chi connectivity index (χ4v) is 4.04. The van der Waals surface area contributed by atoms with Crippen molar-refractivity contribution in [1.29, 1.82) is 0 Å². The van der Waals surface area contributed by atoms with Crippen LogP contribution in [0.25, 0.3) is 33.4 Å². The first-order valence-corrected chi connectivity index (χ1v) is 13.2. The van der Waals surface area contributed by atoms with Gasteiger partial charge in [-0.3, -0.25) is 9.59 Å². The predicted molar refractivity (Wildman–Crippen MR) is 151 cm³/mol. The second kappa shape index (κ2) is 14.5. The highest BCUT2D eigenvalue weighted by molar-refractivity contribution is 6.02. The molecule has 0 bridgehead atoms. The van der Waals surface area contributed by atoms with Crippen molar-refractivity contribution in [2.24, 2.45) is 0 Å². The molecule has 0 aromatic heterocycles. The molecule has 2 aromatic rings. The molecule has 1 N–H and O–H groups in total. The predicted octanol–water partition coefficient (Wildman–Crippen LogP) is 5.74. The molecular weight excluding hydrogens is 514 g/mol. The van der Waals surface area contributed by atoms with E-state index < -0.39 is 11.9 Å². The van der Waals surface area contributed by atoms with Gasteiger partial charge in [0.15, 0.2) is 5.43 Å². The van der Waals surface area contributed by atoms with Crippen molar-refractivity contribution in [3.05, 3.63) is 70.9 Å². The summed E-state index contributed by atoms with van der Waals surface area (Å²) in [6.45, 7) is 4.39. The van der Waals surface area contributed by atoms with Gasteiger partial charge in [-0.1, -0.05) is 26.0 Å². The SMILES string of the molecule is CC.CN(OC(=O)CCCCOc1ccc(-c2c3ccc(=O)cc-3oc3cc(O)ccc23)cc1)C(=O)CCC=O. The topological polar surface area (TPSA) is 123 Å². The molecule has 9 nitrogen and oxygen atoms in total. The summed E-state index contributed by atoms with van der Waals surface area (Å²) in [5, 5.41) is 11.6. The molecule has 0 radical (unpaired) electrons. The van der Waals surface area contributed by atoms with E-state index >= 15 is 0 Å². The number of carbonyl (C=O) groups is 3. The van der Waals surface area contributed by atoms with Crippen LogP contribution in [0.4, 0.5) is 0 Å². The van der Waals surface area contributed by atoms with Crippen LogP contribution in [0.1, 0.15) is 46.0 Å². The highest BCUT2D eigenvalue weighted by Gasteiger charge is 2.18. The number of phenols is 1. The third-order valence-corrected chi connectivity index (χ3v) is 5.93. The lowest BCUT2D eigenvalue weighted by Crippen LogP contribution is -2.29. The monoisotopic (exact) mass is 547 g/mol. The Balaban J connectivity index is 0.00000216. The summed E-state index contributed by atoms with van der Waals surface area (Å²) in [6, 6.07) is 17.1. The Morgan fingerprint density at radius 3 is 2.45 bits per heavy atom. The van der Waals surface area contributed by atoms with Gasteiger partial charge in [0, 0.05) is 55.0 Å². The van der Waals surface area contributed by atoms with Crippen LogP contribution in [0.2, 0.25) is 0 Å². The minimum Gasteiger partial charge on any atom is -0.508 e. The van der Waals surface area contributed by atoms with E-state index in [-0.39, 0.29) is 30.4 Å². The smallest absolute Gasteiger partial charge is 0.332 e. The zero-order valence-corrected chi connectivity index (χ0v) is 22.8. The van der Waals surface area contributed by atoms with Crippen LogP contribution in [0.15, 0.2) is 69.9 Å². The van der Waals surface area contributed by atoms with Crippen LogP contribution in [0, 0.1) is 0 Å². The molecule has 2 aromatic carbocycles.